The minimum atomic E-state index is -0.0347. The summed E-state index contributed by atoms with van der Waals surface area (Å²) < 4.78 is 5.38. The molecule has 2 aromatic rings. The van der Waals surface area contributed by atoms with E-state index < -0.39 is 0 Å². The van der Waals surface area contributed by atoms with Gasteiger partial charge in [0.2, 0.25) is 0 Å². The van der Waals surface area contributed by atoms with Crippen molar-refractivity contribution in [2.75, 3.05) is 37.7 Å². The second kappa shape index (κ2) is 7.71. The summed E-state index contributed by atoms with van der Waals surface area (Å²) >= 11 is 6.21. The van der Waals surface area contributed by atoms with Crippen molar-refractivity contribution in [1.29, 1.82) is 0 Å². The van der Waals surface area contributed by atoms with Gasteiger partial charge in [-0.25, -0.2) is 0 Å². The van der Waals surface area contributed by atoms with Gasteiger partial charge in [-0.05, 0) is 42.7 Å². The molecule has 4 rings (SSSR count). The Bertz CT molecular complexity index is 904. The average Bonchev–Trinajstić information content (AvgIpc) is 3.15. The van der Waals surface area contributed by atoms with Crippen LogP contribution in [0.3, 0.4) is 0 Å². The Labute approximate surface area is 163 Å². The van der Waals surface area contributed by atoms with Crippen molar-refractivity contribution in [2.45, 2.75) is 12.8 Å². The van der Waals surface area contributed by atoms with E-state index in [1.165, 1.54) is 0 Å². The molecule has 1 saturated heterocycles. The lowest BCUT2D eigenvalue weighted by Gasteiger charge is -2.29. The van der Waals surface area contributed by atoms with Crippen LogP contribution in [0.5, 0.6) is 5.75 Å². The van der Waals surface area contributed by atoms with Crippen LogP contribution >= 0.6 is 11.6 Å². The molecule has 0 spiro atoms. The number of hydrogen-bond acceptors (Lipinski definition) is 5. The maximum atomic E-state index is 12.7. The average molecular weight is 385 g/mol. The van der Waals surface area contributed by atoms with E-state index in [0.717, 1.165) is 36.5 Å². The van der Waals surface area contributed by atoms with E-state index in [1.807, 2.05) is 24.3 Å². The van der Waals surface area contributed by atoms with Crippen molar-refractivity contribution in [2.24, 2.45) is 4.99 Å². The summed E-state index contributed by atoms with van der Waals surface area (Å²) in [5.41, 5.74) is 4.04. The largest absolute Gasteiger partial charge is 0.507 e. The topological polar surface area (TPSA) is 62.1 Å². The van der Waals surface area contributed by atoms with Crippen LogP contribution in [0.2, 0.25) is 5.02 Å². The SMILES string of the molecule is O=C(CN=C1CCc2c(Cl)ccc(O)c21)c1cccc(N2CCOCC2)c1. The predicted octanol–water partition coefficient (Wildman–Crippen LogP) is 3.50. The molecule has 0 aromatic heterocycles. The summed E-state index contributed by atoms with van der Waals surface area (Å²) in [5.74, 6) is 0.139. The van der Waals surface area contributed by atoms with Gasteiger partial charge in [0.25, 0.3) is 0 Å². The van der Waals surface area contributed by atoms with E-state index in [0.29, 0.717) is 35.8 Å². The number of ether oxygens (including phenoxy) is 1. The molecule has 0 atom stereocenters. The number of benzene rings is 2. The maximum Gasteiger partial charge on any atom is 0.184 e. The van der Waals surface area contributed by atoms with Crippen molar-refractivity contribution in [3.05, 3.63) is 58.1 Å². The quantitative estimate of drug-likeness (QED) is 0.819. The first kappa shape index (κ1) is 18.0. The van der Waals surface area contributed by atoms with E-state index in [4.69, 9.17) is 16.3 Å². The molecule has 2 aliphatic rings. The highest BCUT2D eigenvalue weighted by Gasteiger charge is 2.24. The number of nitrogens with zero attached hydrogens (tertiary/aromatic N) is 2. The van der Waals surface area contributed by atoms with Crippen LogP contribution in [-0.2, 0) is 11.2 Å². The number of carbonyl (C=O) groups is 1. The first-order valence-electron chi connectivity index (χ1n) is 9.13. The van der Waals surface area contributed by atoms with Gasteiger partial charge in [-0.15, -0.1) is 0 Å². The molecule has 1 N–H and O–H groups in total. The highest BCUT2D eigenvalue weighted by Crippen LogP contribution is 2.35. The fourth-order valence-corrected chi connectivity index (χ4v) is 3.91. The molecular weight excluding hydrogens is 364 g/mol. The van der Waals surface area contributed by atoms with Gasteiger partial charge in [0.15, 0.2) is 5.78 Å². The van der Waals surface area contributed by atoms with E-state index >= 15 is 0 Å². The van der Waals surface area contributed by atoms with Crippen molar-refractivity contribution in [3.63, 3.8) is 0 Å². The molecule has 5 nitrogen and oxygen atoms in total. The fourth-order valence-electron chi connectivity index (χ4n) is 3.66. The number of hydrogen-bond donors (Lipinski definition) is 1. The van der Waals surface area contributed by atoms with E-state index in [1.54, 1.807) is 12.1 Å². The minimum Gasteiger partial charge on any atom is -0.507 e. The molecular formula is C21H21ClN2O3. The van der Waals surface area contributed by atoms with E-state index in [2.05, 4.69) is 9.89 Å². The van der Waals surface area contributed by atoms with Gasteiger partial charge < -0.3 is 14.7 Å². The smallest absolute Gasteiger partial charge is 0.184 e. The Morgan fingerprint density at radius 1 is 1.19 bits per heavy atom. The monoisotopic (exact) mass is 384 g/mol. The number of rotatable bonds is 4. The third-order valence-corrected chi connectivity index (χ3v) is 5.45. The third kappa shape index (κ3) is 3.70. The van der Waals surface area contributed by atoms with Crippen LogP contribution < -0.4 is 4.90 Å². The number of ketones is 1. The minimum absolute atomic E-state index is 0.0347. The van der Waals surface area contributed by atoms with Gasteiger partial charge in [0, 0.05) is 40.6 Å². The zero-order valence-electron chi connectivity index (χ0n) is 14.9. The molecule has 0 unspecified atom stereocenters. The molecule has 0 saturated carbocycles. The fraction of sp³-hybridized carbons (Fsp3) is 0.333. The molecule has 1 aliphatic heterocycles. The van der Waals surface area contributed by atoms with Crippen LogP contribution in [-0.4, -0.2) is 49.4 Å². The van der Waals surface area contributed by atoms with Crippen LogP contribution in [0.25, 0.3) is 0 Å². The van der Waals surface area contributed by atoms with E-state index in [-0.39, 0.29) is 18.1 Å². The number of halogens is 1. The van der Waals surface area contributed by atoms with Crippen molar-refractivity contribution >= 4 is 28.8 Å². The van der Waals surface area contributed by atoms with Gasteiger partial charge in [0.1, 0.15) is 12.3 Å². The number of phenolic OH excluding ortho intramolecular Hbond substituents is 1. The second-order valence-electron chi connectivity index (χ2n) is 6.76. The predicted molar refractivity (Wildman–Crippen MR) is 107 cm³/mol. The summed E-state index contributed by atoms with van der Waals surface area (Å²) in [7, 11) is 0. The number of phenols is 1. The highest BCUT2D eigenvalue weighted by molar-refractivity contribution is 6.32. The molecule has 6 heteroatoms. The molecule has 1 heterocycles. The lowest BCUT2D eigenvalue weighted by molar-refractivity contribution is 0.100. The first-order valence-corrected chi connectivity index (χ1v) is 9.51. The normalized spacial score (nSPS) is 18.0. The molecule has 0 bridgehead atoms. The summed E-state index contributed by atoms with van der Waals surface area (Å²) in [6.07, 6.45) is 1.43. The Kier molecular flexibility index (Phi) is 5.14. The Morgan fingerprint density at radius 3 is 2.81 bits per heavy atom. The molecule has 1 fully saturated rings. The van der Waals surface area contributed by atoms with Gasteiger partial charge in [0.05, 0.1) is 13.2 Å². The van der Waals surface area contributed by atoms with Crippen molar-refractivity contribution < 1.29 is 14.6 Å². The van der Waals surface area contributed by atoms with Crippen molar-refractivity contribution in [3.8, 4) is 5.75 Å². The molecule has 0 amide bonds. The maximum absolute atomic E-state index is 12.7. The lowest BCUT2D eigenvalue weighted by Crippen LogP contribution is -2.36. The van der Waals surface area contributed by atoms with Gasteiger partial charge in [-0.1, -0.05) is 23.7 Å². The van der Waals surface area contributed by atoms with Crippen LogP contribution in [0.1, 0.15) is 27.9 Å². The number of anilines is 1. The number of Topliss-reactive ketones (excluding diaryl/α,β-unsaturated/α-hetero) is 1. The van der Waals surface area contributed by atoms with Crippen molar-refractivity contribution in [1.82, 2.24) is 0 Å². The summed E-state index contributed by atoms with van der Waals surface area (Å²) in [6.45, 7) is 3.13. The molecule has 140 valence electrons. The number of aromatic hydroxyl groups is 1. The van der Waals surface area contributed by atoms with Gasteiger partial charge in [-0.2, -0.15) is 0 Å². The van der Waals surface area contributed by atoms with Gasteiger partial charge >= 0.3 is 0 Å². The molecule has 2 aromatic carbocycles. The third-order valence-electron chi connectivity index (χ3n) is 5.09. The zero-order chi connectivity index (χ0) is 18.8. The number of carbonyl (C=O) groups excluding carboxylic acids is 1. The number of fused-ring (bicyclic) bond motifs is 1. The Balaban J connectivity index is 1.51. The van der Waals surface area contributed by atoms with Crippen LogP contribution in [0, 0.1) is 0 Å². The first-order chi connectivity index (χ1) is 13.1. The highest BCUT2D eigenvalue weighted by atomic mass is 35.5. The van der Waals surface area contributed by atoms with Gasteiger partial charge in [-0.3, -0.25) is 9.79 Å². The summed E-state index contributed by atoms with van der Waals surface area (Å²) in [5, 5.41) is 10.8. The number of morpholine rings is 1. The summed E-state index contributed by atoms with van der Waals surface area (Å²) in [6, 6.07) is 10.9. The van der Waals surface area contributed by atoms with Crippen LogP contribution in [0.15, 0.2) is 41.4 Å². The lowest BCUT2D eigenvalue weighted by atomic mass is 10.1. The molecule has 1 aliphatic carbocycles. The van der Waals surface area contributed by atoms with E-state index in [9.17, 15) is 9.90 Å². The molecule has 0 radical (unpaired) electrons. The Hall–Kier alpha value is -2.37. The molecule has 27 heavy (non-hydrogen) atoms. The standard InChI is InChI=1S/C21H21ClN2O3/c22-17-5-7-19(25)21-16(17)4-6-18(21)23-13-20(26)14-2-1-3-15(12-14)24-8-10-27-11-9-24/h1-3,5,7,12,25H,4,6,8-11,13H2. The number of aliphatic imine (C=N–C) groups is 1. The summed E-state index contributed by atoms with van der Waals surface area (Å²) in [4.78, 5) is 19.4. The Morgan fingerprint density at radius 2 is 2.00 bits per heavy atom. The second-order valence-corrected chi connectivity index (χ2v) is 7.16. The van der Waals surface area contributed by atoms with Crippen LogP contribution in [0.4, 0.5) is 5.69 Å². The zero-order valence-corrected chi connectivity index (χ0v) is 15.7.